The van der Waals surface area contributed by atoms with Crippen molar-refractivity contribution in [2.45, 2.75) is 13.5 Å². The maximum absolute atomic E-state index is 11.7. The number of hydrogen-bond acceptors (Lipinski definition) is 2. The van der Waals surface area contributed by atoms with Crippen molar-refractivity contribution in [2.75, 3.05) is 0 Å². The number of hydrogen-bond donors (Lipinski definition) is 0. The molecule has 0 bridgehead atoms. The normalized spacial score (nSPS) is 10.4. The van der Waals surface area contributed by atoms with Crippen molar-refractivity contribution in [3.63, 3.8) is 0 Å². The molecule has 1 heterocycles. The van der Waals surface area contributed by atoms with Crippen molar-refractivity contribution in [1.29, 1.82) is 0 Å². The summed E-state index contributed by atoms with van der Waals surface area (Å²) >= 11 is 3.14. The lowest BCUT2D eigenvalue weighted by molar-refractivity contribution is -0.0501. The number of ether oxygens (including phenoxy) is 1. The predicted octanol–water partition coefficient (Wildman–Crippen LogP) is 2.75. The zero-order valence-electron chi connectivity index (χ0n) is 6.22. The molecule has 2 nitrogen and oxygen atoms in total. The van der Waals surface area contributed by atoms with Gasteiger partial charge in [0.25, 0.3) is 0 Å². The molecule has 0 saturated heterocycles. The zero-order chi connectivity index (χ0) is 9.14. The first-order chi connectivity index (χ1) is 5.59. The molecule has 0 unspecified atom stereocenters. The van der Waals surface area contributed by atoms with Gasteiger partial charge >= 0.3 is 6.61 Å². The van der Waals surface area contributed by atoms with Gasteiger partial charge in [-0.2, -0.15) is 8.78 Å². The molecule has 1 aromatic heterocycles. The van der Waals surface area contributed by atoms with Gasteiger partial charge in [0.1, 0.15) is 10.4 Å². The minimum Gasteiger partial charge on any atom is -0.433 e. The van der Waals surface area contributed by atoms with Crippen LogP contribution < -0.4 is 4.74 Å². The number of alkyl halides is 2. The van der Waals surface area contributed by atoms with E-state index in [9.17, 15) is 8.78 Å². The van der Waals surface area contributed by atoms with Crippen LogP contribution in [0.25, 0.3) is 0 Å². The Morgan fingerprint density at radius 2 is 2.25 bits per heavy atom. The first-order valence-corrected chi connectivity index (χ1v) is 3.96. The SMILES string of the molecule is Cc1cc(OC(F)F)cnc1Br. The van der Waals surface area contributed by atoms with Crippen LogP contribution in [0.1, 0.15) is 5.56 Å². The van der Waals surface area contributed by atoms with E-state index >= 15 is 0 Å². The summed E-state index contributed by atoms with van der Waals surface area (Å²) in [7, 11) is 0. The largest absolute Gasteiger partial charge is 0.433 e. The highest BCUT2D eigenvalue weighted by Crippen LogP contribution is 2.19. The van der Waals surface area contributed by atoms with E-state index in [0.717, 1.165) is 5.56 Å². The van der Waals surface area contributed by atoms with Gasteiger partial charge in [0, 0.05) is 0 Å². The smallest absolute Gasteiger partial charge is 0.387 e. The molecule has 0 aliphatic rings. The van der Waals surface area contributed by atoms with Crippen molar-refractivity contribution in [1.82, 2.24) is 4.98 Å². The van der Waals surface area contributed by atoms with Gasteiger partial charge in [-0.05, 0) is 34.5 Å². The zero-order valence-corrected chi connectivity index (χ0v) is 7.81. The number of nitrogens with zero attached hydrogens (tertiary/aromatic N) is 1. The van der Waals surface area contributed by atoms with Gasteiger partial charge in [-0.3, -0.25) is 0 Å². The molecule has 0 fully saturated rings. The Morgan fingerprint density at radius 3 is 2.75 bits per heavy atom. The van der Waals surface area contributed by atoms with Crippen LogP contribution in [-0.2, 0) is 0 Å². The molecule has 0 saturated carbocycles. The molecule has 0 spiro atoms. The van der Waals surface area contributed by atoms with Gasteiger partial charge in [0.15, 0.2) is 0 Å². The molecule has 0 amide bonds. The summed E-state index contributed by atoms with van der Waals surface area (Å²) in [6.45, 7) is -1.05. The van der Waals surface area contributed by atoms with E-state index < -0.39 is 6.61 Å². The summed E-state index contributed by atoms with van der Waals surface area (Å²) in [5.41, 5.74) is 0.758. The molecule has 0 radical (unpaired) electrons. The Labute approximate surface area is 76.7 Å². The van der Waals surface area contributed by atoms with Gasteiger partial charge in [0.05, 0.1) is 6.20 Å². The summed E-state index contributed by atoms with van der Waals surface area (Å²) in [4.78, 5) is 3.79. The second-order valence-corrected chi connectivity index (χ2v) is 2.91. The topological polar surface area (TPSA) is 22.1 Å². The standard InChI is InChI=1S/C7H6BrF2NO/c1-4-2-5(12-7(9)10)3-11-6(4)8/h2-3,7H,1H3. The number of aryl methyl sites for hydroxylation is 1. The van der Waals surface area contributed by atoms with E-state index in [4.69, 9.17) is 0 Å². The van der Waals surface area contributed by atoms with Crippen molar-refractivity contribution >= 4 is 15.9 Å². The number of aromatic nitrogens is 1. The molecule has 0 atom stereocenters. The highest BCUT2D eigenvalue weighted by Gasteiger charge is 2.05. The average Bonchev–Trinajstić information content (AvgIpc) is 1.96. The molecule has 0 aliphatic heterocycles. The van der Waals surface area contributed by atoms with Crippen LogP contribution in [0, 0.1) is 6.92 Å². The monoisotopic (exact) mass is 237 g/mol. The van der Waals surface area contributed by atoms with Gasteiger partial charge in [-0.15, -0.1) is 0 Å². The number of halogens is 3. The van der Waals surface area contributed by atoms with E-state index in [0.29, 0.717) is 4.60 Å². The van der Waals surface area contributed by atoms with E-state index in [1.807, 2.05) is 0 Å². The summed E-state index contributed by atoms with van der Waals surface area (Å²) in [5, 5.41) is 0. The molecular weight excluding hydrogens is 232 g/mol. The van der Waals surface area contributed by atoms with E-state index in [1.165, 1.54) is 12.3 Å². The van der Waals surface area contributed by atoms with Crippen LogP contribution in [-0.4, -0.2) is 11.6 Å². The van der Waals surface area contributed by atoms with Crippen molar-refractivity contribution in [2.24, 2.45) is 0 Å². The summed E-state index contributed by atoms with van der Waals surface area (Å²) in [6.07, 6.45) is 1.24. The van der Waals surface area contributed by atoms with Gasteiger partial charge in [0.2, 0.25) is 0 Å². The maximum atomic E-state index is 11.7. The molecule has 1 aromatic rings. The van der Waals surface area contributed by atoms with Crippen molar-refractivity contribution in [3.8, 4) is 5.75 Å². The predicted molar refractivity (Wildman–Crippen MR) is 43.3 cm³/mol. The average molecular weight is 238 g/mol. The Morgan fingerprint density at radius 1 is 1.58 bits per heavy atom. The van der Waals surface area contributed by atoms with Crippen LogP contribution in [0.4, 0.5) is 8.78 Å². The van der Waals surface area contributed by atoms with Crippen molar-refractivity contribution in [3.05, 3.63) is 22.4 Å². The molecule has 12 heavy (non-hydrogen) atoms. The lowest BCUT2D eigenvalue weighted by Crippen LogP contribution is -2.02. The van der Waals surface area contributed by atoms with Gasteiger partial charge < -0.3 is 4.74 Å². The molecule has 1 rings (SSSR count). The highest BCUT2D eigenvalue weighted by molar-refractivity contribution is 9.10. The summed E-state index contributed by atoms with van der Waals surface area (Å²) in [5.74, 6) is 0.0747. The minimum atomic E-state index is -2.80. The minimum absolute atomic E-state index is 0.0747. The van der Waals surface area contributed by atoms with Gasteiger partial charge in [-0.25, -0.2) is 4.98 Å². The number of pyridine rings is 1. The fraction of sp³-hybridized carbons (Fsp3) is 0.286. The van der Waals surface area contributed by atoms with Crippen LogP contribution in [0.2, 0.25) is 0 Å². The lowest BCUT2D eigenvalue weighted by atomic mass is 10.3. The van der Waals surface area contributed by atoms with Crippen LogP contribution in [0.3, 0.4) is 0 Å². The molecule has 0 N–H and O–H groups in total. The second kappa shape index (κ2) is 3.80. The lowest BCUT2D eigenvalue weighted by Gasteiger charge is -2.04. The highest BCUT2D eigenvalue weighted by atomic mass is 79.9. The first-order valence-electron chi connectivity index (χ1n) is 3.16. The molecule has 66 valence electrons. The summed E-state index contributed by atoms with van der Waals surface area (Å²) < 4.78 is 28.1. The Bertz CT molecular complexity index is 280. The third kappa shape index (κ3) is 2.41. The molecule has 0 aromatic carbocycles. The van der Waals surface area contributed by atoms with E-state index in [2.05, 4.69) is 25.7 Å². The quantitative estimate of drug-likeness (QED) is 0.739. The number of rotatable bonds is 2. The fourth-order valence-electron chi connectivity index (χ4n) is 0.700. The maximum Gasteiger partial charge on any atom is 0.387 e. The Kier molecular flexibility index (Phi) is 2.97. The Hall–Kier alpha value is -0.710. The van der Waals surface area contributed by atoms with Crippen molar-refractivity contribution < 1.29 is 13.5 Å². The van der Waals surface area contributed by atoms with E-state index in [-0.39, 0.29) is 5.75 Å². The van der Waals surface area contributed by atoms with Crippen LogP contribution in [0.5, 0.6) is 5.75 Å². The van der Waals surface area contributed by atoms with Crippen LogP contribution in [0.15, 0.2) is 16.9 Å². The summed E-state index contributed by atoms with van der Waals surface area (Å²) in [6, 6.07) is 1.49. The fourth-order valence-corrected chi connectivity index (χ4v) is 0.916. The van der Waals surface area contributed by atoms with Crippen LogP contribution >= 0.6 is 15.9 Å². The van der Waals surface area contributed by atoms with Gasteiger partial charge in [-0.1, -0.05) is 0 Å². The molecular formula is C7H6BrF2NO. The first kappa shape index (κ1) is 9.38. The van der Waals surface area contributed by atoms with E-state index in [1.54, 1.807) is 6.92 Å². The Balaban J connectivity index is 2.82. The second-order valence-electron chi connectivity index (χ2n) is 2.16. The molecule has 5 heteroatoms. The third-order valence-corrected chi connectivity index (χ3v) is 2.04. The third-order valence-electron chi connectivity index (χ3n) is 1.21. The molecule has 0 aliphatic carbocycles.